The highest BCUT2D eigenvalue weighted by Gasteiger charge is 2.19. The molecule has 4 heteroatoms. The Kier molecular flexibility index (Phi) is 12.6. The van der Waals surface area contributed by atoms with Gasteiger partial charge in [0.15, 0.2) is 5.78 Å². The fraction of sp³-hybridized carbons (Fsp3) is 0.739. The van der Waals surface area contributed by atoms with E-state index in [4.69, 9.17) is 9.15 Å². The van der Waals surface area contributed by atoms with Crippen LogP contribution in [0.15, 0.2) is 15.3 Å². The molecule has 4 nitrogen and oxygen atoms in total. The Balaban J connectivity index is 2.54. The summed E-state index contributed by atoms with van der Waals surface area (Å²) < 4.78 is 10.7. The molecule has 1 rings (SSSR count). The van der Waals surface area contributed by atoms with Gasteiger partial charge in [-0.3, -0.25) is 4.79 Å². The van der Waals surface area contributed by atoms with Crippen LogP contribution in [0.2, 0.25) is 0 Å². The van der Waals surface area contributed by atoms with Crippen LogP contribution in [-0.2, 0) is 6.42 Å². The fourth-order valence-electron chi connectivity index (χ4n) is 3.32. The molecular formula is C23H38O4. The molecular weight excluding hydrogens is 340 g/mol. The van der Waals surface area contributed by atoms with Crippen LogP contribution in [0.5, 0.6) is 5.75 Å². The van der Waals surface area contributed by atoms with Crippen molar-refractivity contribution in [2.75, 3.05) is 7.11 Å². The van der Waals surface area contributed by atoms with Gasteiger partial charge in [0.05, 0.1) is 7.11 Å². The number of carbonyl (C=O) groups is 1. The topological polar surface area (TPSA) is 56.5 Å². The van der Waals surface area contributed by atoms with Gasteiger partial charge in [-0.1, -0.05) is 78.1 Å². The first-order valence-corrected chi connectivity index (χ1v) is 10.9. The number of hydrogen-bond acceptors (Lipinski definition) is 4. The molecule has 154 valence electrons. The van der Waals surface area contributed by atoms with Crippen molar-refractivity contribution in [3.05, 3.63) is 27.8 Å². The predicted molar refractivity (Wildman–Crippen MR) is 111 cm³/mol. The van der Waals surface area contributed by atoms with E-state index in [9.17, 15) is 9.59 Å². The number of methoxy groups -OCH3 is 1. The third-order valence-electron chi connectivity index (χ3n) is 5.00. The van der Waals surface area contributed by atoms with Crippen molar-refractivity contribution in [1.82, 2.24) is 0 Å². The first-order chi connectivity index (χ1) is 13.1. The lowest BCUT2D eigenvalue weighted by atomic mass is 10.0. The molecule has 0 aliphatic heterocycles. The monoisotopic (exact) mass is 378 g/mol. The molecule has 27 heavy (non-hydrogen) atoms. The maximum atomic E-state index is 12.4. The average molecular weight is 379 g/mol. The highest BCUT2D eigenvalue weighted by atomic mass is 16.5. The Morgan fingerprint density at radius 3 is 2.04 bits per heavy atom. The van der Waals surface area contributed by atoms with E-state index in [0.29, 0.717) is 24.4 Å². The number of unbranched alkanes of at least 4 members (excludes halogenated alkanes) is 10. The summed E-state index contributed by atoms with van der Waals surface area (Å²) in [7, 11) is 1.50. The largest absolute Gasteiger partial charge is 0.496 e. The zero-order valence-electron chi connectivity index (χ0n) is 17.6. The standard InChI is InChI=1S/C23H38O4/c1-4-6-8-10-11-13-14-16-19-18-21(26-3)22(23(25)27-19)20(24)17-15-12-9-7-5-2/h18H,4-17H2,1-3H3. The van der Waals surface area contributed by atoms with E-state index in [0.717, 1.165) is 32.1 Å². The van der Waals surface area contributed by atoms with Crippen molar-refractivity contribution in [2.45, 2.75) is 104 Å². The van der Waals surface area contributed by atoms with Gasteiger partial charge >= 0.3 is 5.63 Å². The molecule has 0 unspecified atom stereocenters. The Morgan fingerprint density at radius 1 is 0.889 bits per heavy atom. The minimum Gasteiger partial charge on any atom is -0.496 e. The van der Waals surface area contributed by atoms with E-state index >= 15 is 0 Å². The molecule has 0 bridgehead atoms. The molecule has 0 aliphatic carbocycles. The molecule has 0 saturated carbocycles. The highest BCUT2D eigenvalue weighted by molar-refractivity contribution is 5.98. The molecule has 0 amide bonds. The van der Waals surface area contributed by atoms with Crippen molar-refractivity contribution in [2.24, 2.45) is 0 Å². The molecule has 0 spiro atoms. The summed E-state index contributed by atoms with van der Waals surface area (Å²) >= 11 is 0. The summed E-state index contributed by atoms with van der Waals surface area (Å²) in [6.45, 7) is 4.38. The molecule has 1 aromatic rings. The van der Waals surface area contributed by atoms with Gasteiger partial charge in [-0.2, -0.15) is 0 Å². The molecule has 0 radical (unpaired) electrons. The van der Waals surface area contributed by atoms with Crippen LogP contribution < -0.4 is 10.4 Å². The van der Waals surface area contributed by atoms with E-state index in [-0.39, 0.29) is 11.3 Å². The maximum absolute atomic E-state index is 12.4. The van der Waals surface area contributed by atoms with Gasteiger partial charge in [0.1, 0.15) is 17.1 Å². The second-order valence-corrected chi connectivity index (χ2v) is 7.40. The molecule has 0 aliphatic rings. The second-order valence-electron chi connectivity index (χ2n) is 7.40. The second kappa shape index (κ2) is 14.5. The van der Waals surface area contributed by atoms with Crippen LogP contribution in [0.4, 0.5) is 0 Å². The molecule has 1 aromatic heterocycles. The van der Waals surface area contributed by atoms with E-state index in [1.165, 1.54) is 52.1 Å². The van der Waals surface area contributed by atoms with E-state index in [2.05, 4.69) is 13.8 Å². The molecule has 0 saturated heterocycles. The van der Waals surface area contributed by atoms with Crippen LogP contribution in [-0.4, -0.2) is 12.9 Å². The Labute approximate surface area is 164 Å². The van der Waals surface area contributed by atoms with Crippen LogP contribution in [0.1, 0.15) is 113 Å². The van der Waals surface area contributed by atoms with Crippen molar-refractivity contribution in [3.63, 3.8) is 0 Å². The molecule has 0 fully saturated rings. The van der Waals surface area contributed by atoms with E-state index in [1.807, 2.05) is 0 Å². The highest BCUT2D eigenvalue weighted by Crippen LogP contribution is 2.21. The lowest BCUT2D eigenvalue weighted by Crippen LogP contribution is -2.17. The fourth-order valence-corrected chi connectivity index (χ4v) is 3.32. The van der Waals surface area contributed by atoms with Crippen molar-refractivity contribution in [3.8, 4) is 5.75 Å². The normalized spacial score (nSPS) is 10.9. The first-order valence-electron chi connectivity index (χ1n) is 10.9. The summed E-state index contributed by atoms with van der Waals surface area (Å²) in [6, 6.07) is 1.72. The number of aryl methyl sites for hydroxylation is 1. The summed E-state index contributed by atoms with van der Waals surface area (Å²) in [4.78, 5) is 24.8. The first kappa shape index (κ1) is 23.5. The van der Waals surface area contributed by atoms with Crippen LogP contribution in [0, 0.1) is 0 Å². The number of Topliss-reactive ketones (excluding diaryl/α,β-unsaturated/α-hetero) is 1. The summed E-state index contributed by atoms with van der Waals surface area (Å²) in [5.74, 6) is 0.812. The Morgan fingerprint density at radius 2 is 1.44 bits per heavy atom. The van der Waals surface area contributed by atoms with Crippen LogP contribution >= 0.6 is 0 Å². The average Bonchev–Trinajstić information content (AvgIpc) is 2.66. The quantitative estimate of drug-likeness (QED) is 0.244. The van der Waals surface area contributed by atoms with E-state index in [1.54, 1.807) is 6.07 Å². The number of hydrogen-bond donors (Lipinski definition) is 0. The lowest BCUT2D eigenvalue weighted by Gasteiger charge is -2.09. The van der Waals surface area contributed by atoms with Gasteiger partial charge in [-0.15, -0.1) is 0 Å². The van der Waals surface area contributed by atoms with Gasteiger partial charge in [0.2, 0.25) is 0 Å². The molecule has 0 atom stereocenters. The van der Waals surface area contributed by atoms with Crippen LogP contribution in [0.25, 0.3) is 0 Å². The van der Waals surface area contributed by atoms with Crippen molar-refractivity contribution < 1.29 is 13.9 Å². The Bertz CT molecular complexity index is 589. The molecule has 1 heterocycles. The minimum atomic E-state index is -0.550. The smallest absolute Gasteiger partial charge is 0.350 e. The summed E-state index contributed by atoms with van der Waals surface area (Å²) in [5, 5.41) is 0. The van der Waals surface area contributed by atoms with Gasteiger partial charge in [0.25, 0.3) is 0 Å². The van der Waals surface area contributed by atoms with Gasteiger partial charge in [-0.05, 0) is 12.8 Å². The number of rotatable bonds is 16. The van der Waals surface area contributed by atoms with E-state index < -0.39 is 5.63 Å². The van der Waals surface area contributed by atoms with Gasteiger partial charge in [-0.25, -0.2) is 4.79 Å². The third-order valence-corrected chi connectivity index (χ3v) is 5.00. The predicted octanol–water partition coefficient (Wildman–Crippen LogP) is 6.48. The minimum absolute atomic E-state index is 0.0799. The zero-order valence-corrected chi connectivity index (χ0v) is 17.6. The zero-order chi connectivity index (χ0) is 19.9. The van der Waals surface area contributed by atoms with Crippen molar-refractivity contribution >= 4 is 5.78 Å². The van der Waals surface area contributed by atoms with Gasteiger partial charge in [0, 0.05) is 18.9 Å². The Hall–Kier alpha value is -1.58. The maximum Gasteiger partial charge on any atom is 0.350 e. The number of ether oxygens (including phenoxy) is 1. The van der Waals surface area contributed by atoms with Crippen molar-refractivity contribution in [1.29, 1.82) is 0 Å². The summed E-state index contributed by atoms with van der Waals surface area (Å²) in [6.07, 6.45) is 14.9. The number of ketones is 1. The third kappa shape index (κ3) is 9.25. The molecule has 0 N–H and O–H groups in total. The van der Waals surface area contributed by atoms with Crippen LogP contribution in [0.3, 0.4) is 0 Å². The van der Waals surface area contributed by atoms with Gasteiger partial charge < -0.3 is 9.15 Å². The summed E-state index contributed by atoms with van der Waals surface area (Å²) in [5.41, 5.74) is -0.470. The number of carbonyl (C=O) groups excluding carboxylic acids is 1. The lowest BCUT2D eigenvalue weighted by molar-refractivity contribution is 0.0971. The molecule has 0 aromatic carbocycles. The SMILES string of the molecule is CCCCCCCCCc1cc(OC)c(C(=O)CCCCCCC)c(=O)o1.